The Balaban J connectivity index is 1.37. The van der Waals surface area contributed by atoms with E-state index < -0.39 is 0 Å². The number of likely N-dealkylation sites (tertiary alicyclic amines) is 1. The maximum Gasteiger partial charge on any atom is 0.226 e. The molecule has 3 nitrogen and oxygen atoms in total. The van der Waals surface area contributed by atoms with Crippen LogP contribution in [0.1, 0.15) is 29.5 Å². The van der Waals surface area contributed by atoms with Crippen LogP contribution in [0.15, 0.2) is 84.9 Å². The fourth-order valence-corrected chi connectivity index (χ4v) is 4.64. The van der Waals surface area contributed by atoms with Crippen LogP contribution in [0.2, 0.25) is 5.02 Å². The fourth-order valence-electron chi connectivity index (χ4n) is 4.44. The van der Waals surface area contributed by atoms with E-state index in [0.717, 1.165) is 56.0 Å². The minimum atomic E-state index is 0.0944. The first kappa shape index (κ1) is 22.6. The molecule has 0 saturated carbocycles. The molecule has 1 fully saturated rings. The molecule has 0 atom stereocenters. The third-order valence-electron chi connectivity index (χ3n) is 6.33. The Morgan fingerprint density at radius 3 is 2.09 bits per heavy atom. The third-order valence-corrected chi connectivity index (χ3v) is 6.70. The number of halogens is 1. The van der Waals surface area contributed by atoms with Crippen LogP contribution < -0.4 is 0 Å². The quantitative estimate of drug-likeness (QED) is 0.435. The van der Waals surface area contributed by atoms with Gasteiger partial charge in [-0.05, 0) is 55.1 Å². The zero-order valence-corrected chi connectivity index (χ0v) is 19.3. The topological polar surface area (TPSA) is 23.6 Å². The summed E-state index contributed by atoms with van der Waals surface area (Å²) in [6.45, 7) is 4.13. The Morgan fingerprint density at radius 2 is 1.44 bits per heavy atom. The van der Waals surface area contributed by atoms with Crippen molar-refractivity contribution in [3.8, 4) is 0 Å². The molecular formula is C28H31ClN2O. The summed E-state index contributed by atoms with van der Waals surface area (Å²) >= 11 is 6.34. The first-order valence-electron chi connectivity index (χ1n) is 11.5. The number of benzene rings is 3. The molecule has 1 aliphatic rings. The van der Waals surface area contributed by atoms with Gasteiger partial charge in [0.15, 0.2) is 0 Å². The van der Waals surface area contributed by atoms with Gasteiger partial charge in [-0.1, -0.05) is 90.5 Å². The zero-order chi connectivity index (χ0) is 22.2. The van der Waals surface area contributed by atoms with Crippen molar-refractivity contribution in [1.29, 1.82) is 0 Å². The lowest BCUT2D eigenvalue weighted by Crippen LogP contribution is -2.42. The fraction of sp³-hybridized carbons (Fsp3) is 0.321. The molecule has 1 saturated heterocycles. The first-order chi connectivity index (χ1) is 15.7. The molecule has 0 unspecified atom stereocenters. The number of carbonyl (C=O) groups is 1. The molecule has 3 aromatic carbocycles. The number of hydrogen-bond acceptors (Lipinski definition) is 2. The van der Waals surface area contributed by atoms with Gasteiger partial charge >= 0.3 is 0 Å². The second-order valence-electron chi connectivity index (χ2n) is 8.62. The van der Waals surface area contributed by atoms with Crippen molar-refractivity contribution >= 4 is 17.5 Å². The Labute approximate surface area is 196 Å². The average Bonchev–Trinajstić information content (AvgIpc) is 2.84. The summed E-state index contributed by atoms with van der Waals surface area (Å²) in [5.41, 5.74) is 3.62. The standard InChI is InChI=1S/C28H31ClN2O/c29-27-14-8-7-13-26(27)22-30-18-16-25(17-19-30)28(32)31(21-24-11-5-2-6-12-24)20-15-23-9-3-1-4-10-23/h1-14,25H,15-22H2. The van der Waals surface area contributed by atoms with Gasteiger partial charge in [-0.15, -0.1) is 0 Å². The molecule has 1 aliphatic heterocycles. The molecule has 1 heterocycles. The van der Waals surface area contributed by atoms with Crippen molar-refractivity contribution in [2.24, 2.45) is 5.92 Å². The molecule has 0 aliphatic carbocycles. The summed E-state index contributed by atoms with van der Waals surface area (Å²) in [5.74, 6) is 0.388. The molecule has 1 amide bonds. The number of hydrogen-bond donors (Lipinski definition) is 0. The highest BCUT2D eigenvalue weighted by atomic mass is 35.5. The van der Waals surface area contributed by atoms with Crippen molar-refractivity contribution in [3.05, 3.63) is 107 Å². The molecule has 0 radical (unpaired) electrons. The van der Waals surface area contributed by atoms with Crippen molar-refractivity contribution < 1.29 is 4.79 Å². The molecular weight excluding hydrogens is 416 g/mol. The van der Waals surface area contributed by atoms with Gasteiger partial charge in [-0.2, -0.15) is 0 Å². The Morgan fingerprint density at radius 1 is 0.844 bits per heavy atom. The van der Waals surface area contributed by atoms with Crippen molar-refractivity contribution in [2.75, 3.05) is 19.6 Å². The maximum absolute atomic E-state index is 13.5. The SMILES string of the molecule is O=C(C1CCN(Cc2ccccc2Cl)CC1)N(CCc1ccccc1)Cc1ccccc1. The highest BCUT2D eigenvalue weighted by Crippen LogP contribution is 2.24. The highest BCUT2D eigenvalue weighted by molar-refractivity contribution is 6.31. The van der Waals surface area contributed by atoms with E-state index in [2.05, 4.69) is 52.3 Å². The summed E-state index contributed by atoms with van der Waals surface area (Å²) in [7, 11) is 0. The summed E-state index contributed by atoms with van der Waals surface area (Å²) in [5, 5.41) is 0.820. The third kappa shape index (κ3) is 6.21. The number of piperidine rings is 1. The molecule has 3 aromatic rings. The lowest BCUT2D eigenvalue weighted by Gasteiger charge is -2.34. The summed E-state index contributed by atoms with van der Waals surface area (Å²) < 4.78 is 0. The van der Waals surface area contributed by atoms with Gasteiger partial charge in [0.2, 0.25) is 5.91 Å². The Bertz CT molecular complexity index is 985. The summed E-state index contributed by atoms with van der Waals surface area (Å²) in [6.07, 6.45) is 2.69. The molecule has 4 rings (SSSR count). The molecule has 166 valence electrons. The monoisotopic (exact) mass is 446 g/mol. The van der Waals surface area contributed by atoms with E-state index in [-0.39, 0.29) is 5.92 Å². The van der Waals surface area contributed by atoms with Gasteiger partial charge in [-0.25, -0.2) is 0 Å². The second-order valence-corrected chi connectivity index (χ2v) is 9.03. The average molecular weight is 447 g/mol. The zero-order valence-electron chi connectivity index (χ0n) is 18.5. The van der Waals surface area contributed by atoms with E-state index in [1.165, 1.54) is 11.1 Å². The van der Waals surface area contributed by atoms with Gasteiger partial charge in [-0.3, -0.25) is 9.69 Å². The largest absolute Gasteiger partial charge is 0.338 e. The van der Waals surface area contributed by atoms with Crippen LogP contribution in [-0.4, -0.2) is 35.3 Å². The van der Waals surface area contributed by atoms with Crippen molar-refractivity contribution in [2.45, 2.75) is 32.4 Å². The minimum absolute atomic E-state index is 0.0944. The van der Waals surface area contributed by atoms with Crippen LogP contribution in [0.4, 0.5) is 0 Å². The number of amides is 1. The molecule has 0 bridgehead atoms. The molecule has 0 aromatic heterocycles. The minimum Gasteiger partial charge on any atom is -0.338 e. The van der Waals surface area contributed by atoms with Crippen molar-refractivity contribution in [3.63, 3.8) is 0 Å². The molecule has 32 heavy (non-hydrogen) atoms. The Hall–Kier alpha value is -2.62. The van der Waals surface area contributed by atoms with Crippen LogP contribution in [0.25, 0.3) is 0 Å². The highest BCUT2D eigenvalue weighted by Gasteiger charge is 2.28. The van der Waals surface area contributed by atoms with Crippen LogP contribution >= 0.6 is 11.6 Å². The summed E-state index contributed by atoms with van der Waals surface area (Å²) in [4.78, 5) is 18.0. The lowest BCUT2D eigenvalue weighted by atomic mass is 9.94. The predicted octanol–water partition coefficient (Wildman–Crippen LogP) is 5.82. The first-order valence-corrected chi connectivity index (χ1v) is 11.9. The number of rotatable bonds is 8. The van der Waals surface area contributed by atoms with Crippen molar-refractivity contribution in [1.82, 2.24) is 9.80 Å². The maximum atomic E-state index is 13.5. The van der Waals surface area contributed by atoms with Gasteiger partial charge in [0.1, 0.15) is 0 Å². The van der Waals surface area contributed by atoms with E-state index in [1.807, 2.05) is 42.5 Å². The van der Waals surface area contributed by atoms with E-state index in [1.54, 1.807) is 0 Å². The van der Waals surface area contributed by atoms with Gasteiger partial charge in [0.25, 0.3) is 0 Å². The molecule has 4 heteroatoms. The molecule has 0 N–H and O–H groups in total. The Kier molecular flexibility index (Phi) is 7.97. The van der Waals surface area contributed by atoms with E-state index in [9.17, 15) is 4.79 Å². The van der Waals surface area contributed by atoms with Gasteiger partial charge in [0, 0.05) is 30.6 Å². The molecule has 0 spiro atoms. The van der Waals surface area contributed by atoms with Crippen LogP contribution in [0.5, 0.6) is 0 Å². The van der Waals surface area contributed by atoms with Gasteiger partial charge in [0.05, 0.1) is 0 Å². The predicted molar refractivity (Wildman–Crippen MR) is 131 cm³/mol. The normalized spacial score (nSPS) is 14.9. The van der Waals surface area contributed by atoms with Crippen LogP contribution in [0, 0.1) is 5.92 Å². The second kappa shape index (κ2) is 11.3. The van der Waals surface area contributed by atoms with Crippen LogP contribution in [0.3, 0.4) is 0 Å². The number of nitrogens with zero attached hydrogens (tertiary/aromatic N) is 2. The smallest absolute Gasteiger partial charge is 0.226 e. The van der Waals surface area contributed by atoms with Gasteiger partial charge < -0.3 is 4.90 Å². The lowest BCUT2D eigenvalue weighted by molar-refractivity contribution is -0.137. The van der Waals surface area contributed by atoms with E-state index >= 15 is 0 Å². The van der Waals surface area contributed by atoms with E-state index in [0.29, 0.717) is 12.5 Å². The number of carbonyl (C=O) groups excluding carboxylic acids is 1. The van der Waals surface area contributed by atoms with Crippen LogP contribution in [-0.2, 0) is 24.3 Å². The van der Waals surface area contributed by atoms with E-state index in [4.69, 9.17) is 11.6 Å². The summed E-state index contributed by atoms with van der Waals surface area (Å²) in [6, 6.07) is 28.8.